The van der Waals surface area contributed by atoms with Gasteiger partial charge in [0.15, 0.2) is 0 Å². The fourth-order valence-electron chi connectivity index (χ4n) is 1.25. The molecule has 1 N–H and O–H groups in total. The molecule has 0 aliphatic heterocycles. The SMILES string of the molecule is CC(C)CCCNS(=O)(=O)c1sccc1Br. The van der Waals surface area contributed by atoms with E-state index in [1.54, 1.807) is 11.4 Å². The summed E-state index contributed by atoms with van der Waals surface area (Å²) >= 11 is 4.45. The van der Waals surface area contributed by atoms with Gasteiger partial charge in [0.1, 0.15) is 4.21 Å². The summed E-state index contributed by atoms with van der Waals surface area (Å²) in [6.07, 6.45) is 1.91. The molecule has 0 aliphatic rings. The van der Waals surface area contributed by atoms with E-state index in [-0.39, 0.29) is 0 Å². The van der Waals surface area contributed by atoms with Crippen LogP contribution in [0.4, 0.5) is 0 Å². The molecule has 1 heterocycles. The lowest BCUT2D eigenvalue weighted by atomic mass is 10.1. The van der Waals surface area contributed by atoms with E-state index < -0.39 is 10.0 Å². The third-order valence-electron chi connectivity index (χ3n) is 2.08. The summed E-state index contributed by atoms with van der Waals surface area (Å²) in [4.78, 5) is 0. The van der Waals surface area contributed by atoms with Crippen molar-refractivity contribution in [1.82, 2.24) is 4.72 Å². The summed E-state index contributed by atoms with van der Waals surface area (Å²) in [5.74, 6) is 0.609. The number of halogens is 1. The van der Waals surface area contributed by atoms with Crippen LogP contribution in [0.3, 0.4) is 0 Å². The summed E-state index contributed by atoms with van der Waals surface area (Å²) in [6.45, 7) is 4.76. The van der Waals surface area contributed by atoms with Gasteiger partial charge in [-0.15, -0.1) is 11.3 Å². The van der Waals surface area contributed by atoms with E-state index in [0.29, 0.717) is 21.1 Å². The summed E-state index contributed by atoms with van der Waals surface area (Å²) in [5, 5.41) is 1.76. The second kappa shape index (κ2) is 6.14. The number of hydrogen-bond acceptors (Lipinski definition) is 3. The number of rotatable bonds is 6. The molecular formula is C10H16BrNO2S2. The maximum atomic E-state index is 11.8. The molecule has 0 unspecified atom stereocenters. The maximum Gasteiger partial charge on any atom is 0.251 e. The minimum Gasteiger partial charge on any atom is -0.210 e. The topological polar surface area (TPSA) is 46.2 Å². The van der Waals surface area contributed by atoms with Crippen LogP contribution in [0.2, 0.25) is 0 Å². The summed E-state index contributed by atoms with van der Waals surface area (Å²) < 4.78 is 27.3. The third-order valence-corrected chi connectivity index (χ3v) is 6.21. The highest BCUT2D eigenvalue weighted by Crippen LogP contribution is 2.27. The lowest BCUT2D eigenvalue weighted by molar-refractivity contribution is 0.540. The number of hydrogen-bond donors (Lipinski definition) is 1. The van der Waals surface area contributed by atoms with Gasteiger partial charge in [0.05, 0.1) is 0 Å². The van der Waals surface area contributed by atoms with E-state index in [4.69, 9.17) is 0 Å². The Kier molecular flexibility index (Phi) is 5.43. The van der Waals surface area contributed by atoms with Crippen molar-refractivity contribution in [2.24, 2.45) is 5.92 Å². The highest BCUT2D eigenvalue weighted by molar-refractivity contribution is 9.10. The Morgan fingerprint density at radius 1 is 1.50 bits per heavy atom. The van der Waals surface area contributed by atoms with Gasteiger partial charge in [-0.1, -0.05) is 13.8 Å². The summed E-state index contributed by atoms with van der Waals surface area (Å²) in [6, 6.07) is 1.74. The number of nitrogens with one attached hydrogen (secondary N) is 1. The van der Waals surface area contributed by atoms with Crippen molar-refractivity contribution in [2.45, 2.75) is 30.9 Å². The molecule has 0 saturated heterocycles. The van der Waals surface area contributed by atoms with Gasteiger partial charge in [0.25, 0.3) is 10.0 Å². The molecule has 0 saturated carbocycles. The molecule has 6 heteroatoms. The van der Waals surface area contributed by atoms with E-state index in [9.17, 15) is 8.42 Å². The van der Waals surface area contributed by atoms with Crippen molar-refractivity contribution < 1.29 is 8.42 Å². The molecule has 3 nitrogen and oxygen atoms in total. The molecule has 0 radical (unpaired) electrons. The van der Waals surface area contributed by atoms with E-state index >= 15 is 0 Å². The highest BCUT2D eigenvalue weighted by atomic mass is 79.9. The second-order valence-electron chi connectivity index (χ2n) is 3.99. The van der Waals surface area contributed by atoms with Gasteiger partial charge in [-0.3, -0.25) is 0 Å². The molecule has 92 valence electrons. The van der Waals surface area contributed by atoms with Crippen molar-refractivity contribution >= 4 is 37.3 Å². The van der Waals surface area contributed by atoms with Crippen molar-refractivity contribution in [3.8, 4) is 0 Å². The van der Waals surface area contributed by atoms with Crippen molar-refractivity contribution in [3.05, 3.63) is 15.9 Å². The molecule has 0 aromatic carbocycles. The fourth-order valence-corrected chi connectivity index (χ4v) is 4.71. The molecule has 0 bridgehead atoms. The van der Waals surface area contributed by atoms with Gasteiger partial charge < -0.3 is 0 Å². The molecular weight excluding hydrogens is 310 g/mol. The molecule has 0 atom stereocenters. The van der Waals surface area contributed by atoms with Crippen LogP contribution in [0.15, 0.2) is 20.1 Å². The van der Waals surface area contributed by atoms with Gasteiger partial charge >= 0.3 is 0 Å². The molecule has 1 aromatic rings. The van der Waals surface area contributed by atoms with E-state index in [0.717, 1.165) is 12.8 Å². The van der Waals surface area contributed by atoms with E-state index in [1.807, 2.05) is 0 Å². The van der Waals surface area contributed by atoms with Crippen LogP contribution in [-0.4, -0.2) is 15.0 Å². The van der Waals surface area contributed by atoms with E-state index in [2.05, 4.69) is 34.5 Å². The molecule has 0 aliphatic carbocycles. The first-order chi connectivity index (χ1) is 7.43. The van der Waals surface area contributed by atoms with Gasteiger partial charge in [0, 0.05) is 11.0 Å². The first-order valence-corrected chi connectivity index (χ1v) is 8.31. The Bertz CT molecular complexity index is 426. The molecule has 1 aromatic heterocycles. The Morgan fingerprint density at radius 3 is 2.69 bits per heavy atom. The van der Waals surface area contributed by atoms with Crippen LogP contribution in [-0.2, 0) is 10.0 Å². The first kappa shape index (κ1) is 14.2. The van der Waals surface area contributed by atoms with Gasteiger partial charge in [-0.05, 0) is 46.1 Å². The molecule has 1 rings (SSSR count). The Balaban J connectivity index is 2.51. The smallest absolute Gasteiger partial charge is 0.210 e. The molecule has 0 spiro atoms. The van der Waals surface area contributed by atoms with Crippen LogP contribution >= 0.6 is 27.3 Å². The largest absolute Gasteiger partial charge is 0.251 e. The van der Waals surface area contributed by atoms with Crippen molar-refractivity contribution in [1.29, 1.82) is 0 Å². The van der Waals surface area contributed by atoms with Crippen molar-refractivity contribution in [3.63, 3.8) is 0 Å². The minimum absolute atomic E-state index is 0.358. The van der Waals surface area contributed by atoms with Crippen LogP contribution in [0, 0.1) is 5.92 Å². The van der Waals surface area contributed by atoms with Crippen LogP contribution < -0.4 is 4.72 Å². The van der Waals surface area contributed by atoms with Crippen LogP contribution in [0.25, 0.3) is 0 Å². The molecule has 0 fully saturated rings. The van der Waals surface area contributed by atoms with Gasteiger partial charge in [-0.2, -0.15) is 0 Å². The zero-order valence-corrected chi connectivity index (χ0v) is 12.6. The highest BCUT2D eigenvalue weighted by Gasteiger charge is 2.18. The Morgan fingerprint density at radius 2 is 2.19 bits per heavy atom. The quantitative estimate of drug-likeness (QED) is 0.816. The average molecular weight is 326 g/mol. The molecule has 16 heavy (non-hydrogen) atoms. The third kappa shape index (κ3) is 4.16. The van der Waals surface area contributed by atoms with Crippen LogP contribution in [0.5, 0.6) is 0 Å². The van der Waals surface area contributed by atoms with E-state index in [1.165, 1.54) is 11.3 Å². The number of thiophene rings is 1. The number of sulfonamides is 1. The summed E-state index contributed by atoms with van der Waals surface area (Å²) in [5.41, 5.74) is 0. The monoisotopic (exact) mass is 325 g/mol. The standard InChI is InChI=1S/C10H16BrNO2S2/c1-8(2)4-3-6-12-16(13,14)10-9(11)5-7-15-10/h5,7-8,12H,3-4,6H2,1-2H3. The van der Waals surface area contributed by atoms with Crippen LogP contribution in [0.1, 0.15) is 26.7 Å². The summed E-state index contributed by atoms with van der Waals surface area (Å²) in [7, 11) is -3.32. The zero-order valence-electron chi connectivity index (χ0n) is 9.36. The Hall–Kier alpha value is 0.0900. The molecule has 0 amide bonds. The first-order valence-electron chi connectivity index (χ1n) is 5.16. The van der Waals surface area contributed by atoms with Gasteiger partial charge in [0.2, 0.25) is 0 Å². The predicted molar refractivity (Wildman–Crippen MR) is 71.3 cm³/mol. The average Bonchev–Trinajstić information content (AvgIpc) is 2.59. The lowest BCUT2D eigenvalue weighted by Gasteiger charge is -2.06. The normalized spacial score (nSPS) is 12.2. The minimum atomic E-state index is -3.32. The second-order valence-corrected chi connectivity index (χ2v) is 7.72. The fraction of sp³-hybridized carbons (Fsp3) is 0.600. The zero-order chi connectivity index (χ0) is 12.2. The predicted octanol–water partition coefficient (Wildman–Crippen LogP) is 3.23. The maximum absolute atomic E-state index is 11.8. The van der Waals surface area contributed by atoms with Crippen molar-refractivity contribution in [2.75, 3.05) is 6.54 Å². The Labute approximate surface area is 109 Å². The lowest BCUT2D eigenvalue weighted by Crippen LogP contribution is -2.24. The van der Waals surface area contributed by atoms with Gasteiger partial charge in [-0.25, -0.2) is 13.1 Å².